The Morgan fingerprint density at radius 2 is 2.33 bits per heavy atom. The van der Waals surface area contributed by atoms with Crippen LogP contribution in [0.5, 0.6) is 0 Å². The molecule has 2 fully saturated rings. The minimum Gasteiger partial charge on any atom is -0.469 e. The Balaban J connectivity index is 1.96. The number of esters is 1. The van der Waals surface area contributed by atoms with Crippen molar-refractivity contribution in [3.63, 3.8) is 0 Å². The highest BCUT2D eigenvalue weighted by atomic mass is 35.5. The fourth-order valence-electron chi connectivity index (χ4n) is 3.73. The number of methoxy groups -OCH3 is 1. The van der Waals surface area contributed by atoms with Crippen molar-refractivity contribution < 1.29 is 9.53 Å². The number of halogens is 1. The number of carbonyl (C=O) groups excluding carboxylic acids is 1. The molecule has 0 bridgehead atoms. The smallest absolute Gasteiger partial charge is 0.313 e. The van der Waals surface area contributed by atoms with Crippen molar-refractivity contribution in [3.05, 3.63) is 21.6 Å². The molecule has 2 heterocycles. The second-order valence-electron chi connectivity index (χ2n) is 5.89. The van der Waals surface area contributed by atoms with Gasteiger partial charge in [0.15, 0.2) is 0 Å². The van der Waals surface area contributed by atoms with E-state index in [1.165, 1.54) is 11.8 Å². The molecule has 3 rings (SSSR count). The maximum atomic E-state index is 12.2. The molecule has 1 aromatic heterocycles. The SMILES string of the molecule is COC(=O)C12CCCC1CN(c1cnn(C)c(=O)c1Cl)C2. The van der Waals surface area contributed by atoms with Crippen molar-refractivity contribution in [1.29, 1.82) is 0 Å². The number of nitrogens with zero attached hydrogens (tertiary/aromatic N) is 3. The van der Waals surface area contributed by atoms with Crippen LogP contribution in [0.1, 0.15) is 19.3 Å². The van der Waals surface area contributed by atoms with Crippen LogP contribution in [0.4, 0.5) is 5.69 Å². The molecule has 21 heavy (non-hydrogen) atoms. The number of rotatable bonds is 2. The van der Waals surface area contributed by atoms with Crippen LogP contribution in [0.15, 0.2) is 11.0 Å². The molecular weight excluding hydrogens is 294 g/mol. The Kier molecular flexibility index (Phi) is 3.43. The van der Waals surface area contributed by atoms with Crippen LogP contribution in [0.25, 0.3) is 0 Å². The van der Waals surface area contributed by atoms with E-state index in [9.17, 15) is 9.59 Å². The lowest BCUT2D eigenvalue weighted by atomic mass is 9.81. The average molecular weight is 312 g/mol. The van der Waals surface area contributed by atoms with Gasteiger partial charge < -0.3 is 9.64 Å². The third kappa shape index (κ3) is 2.04. The Morgan fingerprint density at radius 3 is 3.05 bits per heavy atom. The normalized spacial score (nSPS) is 27.8. The highest BCUT2D eigenvalue weighted by Gasteiger charge is 2.55. The first-order valence-corrected chi connectivity index (χ1v) is 7.42. The summed E-state index contributed by atoms with van der Waals surface area (Å²) in [6, 6.07) is 0. The number of aryl methyl sites for hydroxylation is 1. The summed E-state index contributed by atoms with van der Waals surface area (Å²) < 4.78 is 6.22. The van der Waals surface area contributed by atoms with Crippen molar-refractivity contribution in [1.82, 2.24) is 9.78 Å². The first-order valence-electron chi connectivity index (χ1n) is 7.05. The van der Waals surface area contributed by atoms with Crippen LogP contribution in [0, 0.1) is 11.3 Å². The summed E-state index contributed by atoms with van der Waals surface area (Å²) in [6.45, 7) is 1.25. The Hall–Kier alpha value is -1.56. The van der Waals surface area contributed by atoms with E-state index in [4.69, 9.17) is 16.3 Å². The number of ether oxygens (including phenoxy) is 1. The maximum Gasteiger partial charge on any atom is 0.313 e. The summed E-state index contributed by atoms with van der Waals surface area (Å²) in [4.78, 5) is 26.1. The molecule has 1 saturated carbocycles. The molecule has 1 aromatic rings. The molecule has 2 unspecified atom stereocenters. The summed E-state index contributed by atoms with van der Waals surface area (Å²) >= 11 is 6.16. The number of anilines is 1. The molecule has 6 nitrogen and oxygen atoms in total. The summed E-state index contributed by atoms with van der Waals surface area (Å²) in [5.74, 6) is 0.102. The number of fused-ring (bicyclic) bond motifs is 1. The molecular formula is C14H18ClN3O3. The van der Waals surface area contributed by atoms with Gasteiger partial charge in [0.2, 0.25) is 0 Å². The molecule has 114 valence electrons. The third-order valence-corrected chi connectivity index (χ3v) is 5.22. The third-order valence-electron chi connectivity index (χ3n) is 4.86. The van der Waals surface area contributed by atoms with E-state index in [0.29, 0.717) is 18.8 Å². The Morgan fingerprint density at radius 1 is 1.57 bits per heavy atom. The van der Waals surface area contributed by atoms with Crippen LogP contribution >= 0.6 is 11.6 Å². The van der Waals surface area contributed by atoms with E-state index in [2.05, 4.69) is 5.10 Å². The Bertz CT molecular complexity index is 645. The molecule has 0 aromatic carbocycles. The van der Waals surface area contributed by atoms with Crippen LogP contribution in [0.3, 0.4) is 0 Å². The van der Waals surface area contributed by atoms with Crippen molar-refractivity contribution in [3.8, 4) is 0 Å². The molecule has 1 aliphatic carbocycles. The highest BCUT2D eigenvalue weighted by Crippen LogP contribution is 2.50. The predicted octanol–water partition coefficient (Wildman–Crippen LogP) is 1.21. The standard InChI is InChI=1S/C14H18ClN3O3/c1-17-12(19)11(15)10(6-16-17)18-7-9-4-3-5-14(9,8-18)13(20)21-2/h6,9H,3-5,7-8H2,1-2H3. The van der Waals surface area contributed by atoms with Crippen molar-refractivity contribution >= 4 is 23.3 Å². The van der Waals surface area contributed by atoms with Crippen LogP contribution in [-0.4, -0.2) is 35.9 Å². The van der Waals surface area contributed by atoms with E-state index in [1.54, 1.807) is 13.2 Å². The van der Waals surface area contributed by atoms with Gasteiger partial charge in [-0.2, -0.15) is 5.10 Å². The summed E-state index contributed by atoms with van der Waals surface area (Å²) in [5.41, 5.74) is -0.171. The van der Waals surface area contributed by atoms with Gasteiger partial charge in [-0.05, 0) is 18.8 Å². The monoisotopic (exact) mass is 311 g/mol. The minimum absolute atomic E-state index is 0.152. The van der Waals surface area contributed by atoms with E-state index in [0.717, 1.165) is 19.3 Å². The van der Waals surface area contributed by atoms with Gasteiger partial charge in [0, 0.05) is 20.1 Å². The van der Waals surface area contributed by atoms with Gasteiger partial charge >= 0.3 is 5.97 Å². The number of hydrogen-bond donors (Lipinski definition) is 0. The zero-order valence-electron chi connectivity index (χ0n) is 12.1. The van der Waals surface area contributed by atoms with Gasteiger partial charge in [0.05, 0.1) is 24.4 Å². The lowest BCUT2D eigenvalue weighted by Gasteiger charge is -2.26. The molecule has 0 radical (unpaired) electrons. The number of carbonyl (C=O) groups is 1. The van der Waals surface area contributed by atoms with Gasteiger partial charge in [-0.3, -0.25) is 9.59 Å². The minimum atomic E-state index is -0.459. The number of hydrogen-bond acceptors (Lipinski definition) is 5. The molecule has 1 saturated heterocycles. The second kappa shape index (κ2) is 5.02. The van der Waals surface area contributed by atoms with Crippen molar-refractivity contribution in [2.45, 2.75) is 19.3 Å². The van der Waals surface area contributed by atoms with E-state index >= 15 is 0 Å². The zero-order chi connectivity index (χ0) is 15.2. The molecule has 0 N–H and O–H groups in total. The van der Waals surface area contributed by atoms with Crippen molar-refractivity contribution in [2.24, 2.45) is 18.4 Å². The van der Waals surface area contributed by atoms with Gasteiger partial charge in [-0.25, -0.2) is 4.68 Å². The molecule has 2 atom stereocenters. The maximum absolute atomic E-state index is 12.2. The summed E-state index contributed by atoms with van der Waals surface area (Å²) in [5, 5.41) is 4.19. The van der Waals surface area contributed by atoms with Crippen LogP contribution < -0.4 is 10.5 Å². The first kappa shape index (κ1) is 14.4. The lowest BCUT2D eigenvalue weighted by Crippen LogP contribution is -2.37. The van der Waals surface area contributed by atoms with Gasteiger partial charge in [-0.1, -0.05) is 18.0 Å². The first-order chi connectivity index (χ1) is 9.99. The van der Waals surface area contributed by atoms with Crippen molar-refractivity contribution in [2.75, 3.05) is 25.1 Å². The molecule has 0 spiro atoms. The summed E-state index contributed by atoms with van der Waals surface area (Å²) in [6.07, 6.45) is 4.46. The summed E-state index contributed by atoms with van der Waals surface area (Å²) in [7, 11) is 2.99. The van der Waals surface area contributed by atoms with E-state index in [1.807, 2.05) is 4.90 Å². The van der Waals surface area contributed by atoms with Gasteiger partial charge in [0.1, 0.15) is 5.02 Å². The van der Waals surface area contributed by atoms with Crippen LogP contribution in [-0.2, 0) is 16.6 Å². The molecule has 7 heteroatoms. The topological polar surface area (TPSA) is 64.4 Å². The van der Waals surface area contributed by atoms with Gasteiger partial charge in [-0.15, -0.1) is 0 Å². The van der Waals surface area contributed by atoms with E-state index < -0.39 is 5.41 Å². The predicted molar refractivity (Wildman–Crippen MR) is 78.5 cm³/mol. The highest BCUT2D eigenvalue weighted by molar-refractivity contribution is 6.33. The fourth-order valence-corrected chi connectivity index (χ4v) is 4.02. The van der Waals surface area contributed by atoms with E-state index in [-0.39, 0.29) is 22.5 Å². The zero-order valence-corrected chi connectivity index (χ0v) is 12.9. The van der Waals surface area contributed by atoms with Crippen LogP contribution in [0.2, 0.25) is 5.02 Å². The number of aromatic nitrogens is 2. The fraction of sp³-hybridized carbons (Fsp3) is 0.643. The molecule has 0 amide bonds. The quantitative estimate of drug-likeness (QED) is 0.768. The molecule has 2 aliphatic rings. The second-order valence-corrected chi connectivity index (χ2v) is 6.27. The largest absolute Gasteiger partial charge is 0.469 e. The average Bonchev–Trinajstić information content (AvgIpc) is 3.01. The Labute approximate surface area is 127 Å². The lowest BCUT2D eigenvalue weighted by molar-refractivity contribution is -0.152. The van der Waals surface area contributed by atoms with Gasteiger partial charge in [0.25, 0.3) is 5.56 Å². The molecule has 1 aliphatic heterocycles.